The number of furan rings is 1. The maximum Gasteiger partial charge on any atom is 0.144 e. The van der Waals surface area contributed by atoms with Crippen molar-refractivity contribution in [1.29, 1.82) is 0 Å². The molecule has 0 radical (unpaired) electrons. The summed E-state index contributed by atoms with van der Waals surface area (Å²) < 4.78 is 11.6. The molecule has 2 aromatic carbocycles. The fourth-order valence-corrected chi connectivity index (χ4v) is 2.82. The Labute approximate surface area is 205 Å². The third kappa shape index (κ3) is 6.78. The molecular formula is C33H14O2. The molecule has 158 valence electrons. The lowest BCUT2D eigenvalue weighted by Gasteiger charge is -2.02. The largest absolute Gasteiger partial charge is 0.456 e. The lowest BCUT2D eigenvalue weighted by molar-refractivity contribution is 0.516. The van der Waals surface area contributed by atoms with Crippen LogP contribution in [-0.4, -0.2) is 0 Å². The zero-order chi connectivity index (χ0) is 24.9. The van der Waals surface area contributed by atoms with E-state index in [0.29, 0.717) is 5.75 Å². The van der Waals surface area contributed by atoms with Crippen LogP contribution in [0.3, 0.4) is 0 Å². The number of fused-ring (bicyclic) bond motifs is 3. The van der Waals surface area contributed by atoms with Crippen LogP contribution in [-0.2, 0) is 0 Å². The molecule has 0 saturated carbocycles. The maximum atomic E-state index is 5.99. The number of ether oxygens (including phenoxy) is 1. The summed E-state index contributed by atoms with van der Waals surface area (Å²) in [5.41, 5.74) is 4.98. The van der Waals surface area contributed by atoms with Crippen LogP contribution in [0.5, 0.6) is 5.75 Å². The summed E-state index contributed by atoms with van der Waals surface area (Å²) in [6.45, 7) is 6.09. The molecule has 0 aliphatic heterocycles. The Morgan fingerprint density at radius 2 is 0.971 bits per heavy atom. The predicted octanol–water partition coefficient (Wildman–Crippen LogP) is 4.51. The summed E-state index contributed by atoms with van der Waals surface area (Å²) in [4.78, 5) is 0. The van der Waals surface area contributed by atoms with Gasteiger partial charge in [-0.05, 0) is 109 Å². The van der Waals surface area contributed by atoms with E-state index in [1.165, 1.54) is 11.1 Å². The van der Waals surface area contributed by atoms with Crippen molar-refractivity contribution in [2.24, 2.45) is 0 Å². The zero-order valence-electron chi connectivity index (χ0n) is 19.2. The molecular weight excluding hydrogens is 428 g/mol. The van der Waals surface area contributed by atoms with Gasteiger partial charge in [0, 0.05) is 58.1 Å². The summed E-state index contributed by atoms with van der Waals surface area (Å²) in [5.74, 6) is 40.5. The van der Waals surface area contributed by atoms with E-state index in [-0.39, 0.29) is 0 Å². The molecule has 0 atom stereocenters. The minimum atomic E-state index is 0.651. The van der Waals surface area contributed by atoms with Gasteiger partial charge in [-0.1, -0.05) is 0 Å². The molecule has 1 aromatic heterocycles. The Balaban J connectivity index is 1.62. The second-order valence-corrected chi connectivity index (χ2v) is 6.87. The van der Waals surface area contributed by atoms with Crippen LogP contribution in [0.4, 0.5) is 0 Å². The molecule has 2 nitrogen and oxygen atoms in total. The Kier molecular flexibility index (Phi) is 8.28. The highest BCUT2D eigenvalue weighted by atomic mass is 16.5. The van der Waals surface area contributed by atoms with Crippen molar-refractivity contribution in [1.82, 2.24) is 0 Å². The molecule has 0 bridgehead atoms. The van der Waals surface area contributed by atoms with Gasteiger partial charge in [-0.15, -0.1) is 6.42 Å². The van der Waals surface area contributed by atoms with E-state index in [2.05, 4.69) is 127 Å². The van der Waals surface area contributed by atoms with E-state index in [1.54, 1.807) is 0 Å². The molecule has 0 N–H and O–H groups in total. The van der Waals surface area contributed by atoms with Crippen LogP contribution >= 0.6 is 0 Å². The van der Waals surface area contributed by atoms with Gasteiger partial charge >= 0.3 is 0 Å². The fourth-order valence-electron chi connectivity index (χ4n) is 2.82. The van der Waals surface area contributed by atoms with Gasteiger partial charge in [-0.25, -0.2) is 0 Å². The van der Waals surface area contributed by atoms with Crippen molar-refractivity contribution in [2.75, 3.05) is 0 Å². The molecule has 0 saturated heterocycles. The second-order valence-electron chi connectivity index (χ2n) is 6.87. The molecule has 0 aliphatic carbocycles. The minimum Gasteiger partial charge on any atom is -0.456 e. The molecule has 0 unspecified atom stereocenters. The minimum absolute atomic E-state index is 0.651. The second kappa shape index (κ2) is 12.2. The van der Waals surface area contributed by atoms with E-state index in [4.69, 9.17) is 15.6 Å². The number of hydrogen-bond donors (Lipinski definition) is 0. The number of rotatable bonds is 1. The van der Waals surface area contributed by atoms with Gasteiger partial charge in [-0.2, -0.15) is 0 Å². The van der Waals surface area contributed by atoms with Gasteiger partial charge in [0.05, 0.1) is 0 Å². The predicted molar refractivity (Wildman–Crippen MR) is 140 cm³/mol. The van der Waals surface area contributed by atoms with E-state index in [0.717, 1.165) is 27.5 Å². The summed E-state index contributed by atoms with van der Waals surface area (Å²) in [5, 5.41) is 2.03. The first-order valence-electron chi connectivity index (χ1n) is 10.2. The highest BCUT2D eigenvalue weighted by molar-refractivity contribution is 6.06. The molecule has 35 heavy (non-hydrogen) atoms. The summed E-state index contributed by atoms with van der Waals surface area (Å²) in [7, 11) is 0. The van der Waals surface area contributed by atoms with Gasteiger partial charge in [0.25, 0.3) is 0 Å². The van der Waals surface area contributed by atoms with E-state index >= 15 is 0 Å². The number of hydrogen-bond acceptors (Lipinski definition) is 2. The molecule has 3 rings (SSSR count). The summed E-state index contributed by atoms with van der Waals surface area (Å²) in [6, 6.07) is 8.07. The molecule has 0 amide bonds. The first kappa shape index (κ1) is 23.7. The van der Waals surface area contributed by atoms with Crippen molar-refractivity contribution in [3.05, 3.63) is 41.0 Å². The Hall–Kier alpha value is -5.92. The molecule has 0 spiro atoms. The van der Waals surface area contributed by atoms with Crippen LogP contribution < -0.4 is 4.74 Å². The SMILES string of the molecule is C#CC#CC#CC#CC#CC#CC#CC#CC#COc1cc2c(cc1C)oc1cc(C)c(C)cc12. The lowest BCUT2D eigenvalue weighted by Crippen LogP contribution is -1.86. The van der Waals surface area contributed by atoms with E-state index < -0.39 is 0 Å². The third-order valence-electron chi connectivity index (χ3n) is 4.54. The monoisotopic (exact) mass is 442 g/mol. The first-order chi connectivity index (χ1) is 17.1. The lowest BCUT2D eigenvalue weighted by atomic mass is 10.0. The Morgan fingerprint density at radius 1 is 0.543 bits per heavy atom. The van der Waals surface area contributed by atoms with Crippen molar-refractivity contribution < 1.29 is 9.15 Å². The van der Waals surface area contributed by atoms with Gasteiger partial charge in [-0.3, -0.25) is 0 Å². The molecule has 3 aromatic rings. The number of terminal acetylenes is 1. The average Bonchev–Trinajstić information content (AvgIpc) is 3.17. The van der Waals surface area contributed by atoms with Crippen molar-refractivity contribution in [2.45, 2.75) is 20.8 Å². The average molecular weight is 442 g/mol. The normalized spacial score (nSPS) is 7.71. The zero-order valence-corrected chi connectivity index (χ0v) is 19.2. The Morgan fingerprint density at radius 3 is 1.51 bits per heavy atom. The van der Waals surface area contributed by atoms with Gasteiger partial charge in [0.2, 0.25) is 0 Å². The van der Waals surface area contributed by atoms with Crippen LogP contribution in [0.25, 0.3) is 21.9 Å². The highest BCUT2D eigenvalue weighted by Crippen LogP contribution is 2.34. The van der Waals surface area contributed by atoms with Crippen LogP contribution in [0, 0.1) is 128 Å². The summed E-state index contributed by atoms with van der Waals surface area (Å²) in [6.07, 6.45) is 7.54. The Bertz CT molecular complexity index is 1900. The third-order valence-corrected chi connectivity index (χ3v) is 4.54. The van der Waals surface area contributed by atoms with Crippen LogP contribution in [0.1, 0.15) is 16.7 Å². The topological polar surface area (TPSA) is 22.4 Å². The highest BCUT2D eigenvalue weighted by Gasteiger charge is 2.11. The smallest absolute Gasteiger partial charge is 0.144 e. The molecule has 2 heteroatoms. The van der Waals surface area contributed by atoms with Crippen molar-refractivity contribution in [3.63, 3.8) is 0 Å². The van der Waals surface area contributed by atoms with Gasteiger partial charge < -0.3 is 9.15 Å². The van der Waals surface area contributed by atoms with Gasteiger partial charge in [0.1, 0.15) is 23.0 Å². The fraction of sp³-hybridized carbons (Fsp3) is 0.0909. The quantitative estimate of drug-likeness (QED) is 0.518. The first-order valence-corrected chi connectivity index (χ1v) is 10.2. The standard InChI is InChI=1S/C33H14O2/c1-5-6-7-8-9-10-11-12-13-14-15-16-17-18-19-20-21-34-31-25-30-29-22-26(2)27(3)23-32(29)35-33(30)24-28(31)4/h1,22-25H,2-4H3. The molecule has 0 fully saturated rings. The molecule has 1 heterocycles. The number of aryl methyl sites for hydroxylation is 3. The van der Waals surface area contributed by atoms with Crippen LogP contribution in [0.15, 0.2) is 28.7 Å². The summed E-state index contributed by atoms with van der Waals surface area (Å²) >= 11 is 0. The van der Waals surface area contributed by atoms with E-state index in [9.17, 15) is 0 Å². The van der Waals surface area contributed by atoms with Gasteiger partial charge in [0.15, 0.2) is 0 Å². The van der Waals surface area contributed by atoms with Crippen molar-refractivity contribution in [3.8, 4) is 113 Å². The van der Waals surface area contributed by atoms with Crippen LogP contribution in [0.2, 0.25) is 0 Å². The number of benzene rings is 2. The maximum absolute atomic E-state index is 5.99. The van der Waals surface area contributed by atoms with Crippen molar-refractivity contribution >= 4 is 21.9 Å². The van der Waals surface area contributed by atoms with E-state index in [1.807, 2.05) is 19.1 Å². The molecule has 0 aliphatic rings.